The highest BCUT2D eigenvalue weighted by Gasteiger charge is 2.64. The highest BCUT2D eigenvalue weighted by Crippen LogP contribution is 2.49. The number of allylic oxidation sites excluding steroid dienone is 3. The Bertz CT molecular complexity index is 2030. The molecule has 4 rings (SSSR count). The van der Waals surface area contributed by atoms with E-state index < -0.39 is 71.6 Å². The van der Waals surface area contributed by atoms with Gasteiger partial charge in [-0.3, -0.25) is 19.7 Å². The van der Waals surface area contributed by atoms with Crippen LogP contribution in [-0.4, -0.2) is 181 Å². The molecular weight excluding hydrogens is 920 g/mol. The lowest BCUT2D eigenvalue weighted by atomic mass is 9.83. The standard InChI is InChI=1S/C49H71ClN4O15/c1-11-19-63-21-23-65-25-26-66-24-22-64-20-18-52(6)41(55)16-13-17-42(56)53(7)34(4)46(58)68-40-30-43(57)54(8)36-28-35(29-37(61-9)44(36)50)27-32(2)14-12-15-39(62-10)49(60)31-38(67-47(59)51-49)33(3)45-48(40,5)69-45/h1,12,14-15,28-29,33-34,38-40,45,60H,13,16-27,30-31H2,2-10H3,(H,51,59)/b15-12+,32-14-/t33-,34+,38+,39-,40+,45+,48+,49+/m1/s1. The molecule has 1 aromatic carbocycles. The number of likely N-dealkylation sites (N-methyl/N-ethyl adjacent to an activating group) is 2. The maximum atomic E-state index is 14.3. The number of benzene rings is 1. The SMILES string of the molecule is C#CCOCCOCCOCCOCCN(C)C(=O)CCCC(=O)N(C)[C@@H](C)C(=O)O[C@H]1CC(=O)N(C)c2cc(cc(OC)c2Cl)C/C(C)=C\C=C\[C@@H](OC)[C@@]2(O)C[C@H](OC(=O)N2)[C@@H](C)[C@@H]2O[C@@]12C. The number of carbonyl (C=O) groups is 5. The maximum Gasteiger partial charge on any atom is 0.409 e. The molecule has 0 saturated carbocycles. The van der Waals surface area contributed by atoms with Gasteiger partial charge >= 0.3 is 12.1 Å². The number of anilines is 1. The molecule has 19 nitrogen and oxygen atoms in total. The first-order chi connectivity index (χ1) is 32.8. The van der Waals surface area contributed by atoms with E-state index in [1.165, 1.54) is 42.9 Å². The summed E-state index contributed by atoms with van der Waals surface area (Å²) < 4.78 is 50.9. The van der Waals surface area contributed by atoms with Crippen molar-refractivity contribution in [1.29, 1.82) is 0 Å². The number of epoxide rings is 1. The predicted octanol–water partition coefficient (Wildman–Crippen LogP) is 3.84. The number of amides is 4. The second kappa shape index (κ2) is 27.0. The molecule has 69 heavy (non-hydrogen) atoms. The first-order valence-corrected chi connectivity index (χ1v) is 23.5. The van der Waals surface area contributed by atoms with E-state index in [9.17, 15) is 29.1 Å². The van der Waals surface area contributed by atoms with Crippen molar-refractivity contribution in [1.82, 2.24) is 15.1 Å². The van der Waals surface area contributed by atoms with Crippen LogP contribution in [0.25, 0.3) is 0 Å². The third-order valence-electron chi connectivity index (χ3n) is 12.6. The van der Waals surface area contributed by atoms with Gasteiger partial charge in [0.25, 0.3) is 0 Å². The molecule has 8 atom stereocenters. The molecule has 2 saturated heterocycles. The molecule has 1 aromatic rings. The number of ether oxygens (including phenoxy) is 9. The Morgan fingerprint density at radius 2 is 1.67 bits per heavy atom. The number of alkyl carbamates (subject to hydrolysis) is 1. The quantitative estimate of drug-likeness (QED) is 0.0731. The average Bonchev–Trinajstić information content (AvgIpc) is 4.01. The minimum absolute atomic E-state index is 0.0179. The van der Waals surface area contributed by atoms with Crippen molar-refractivity contribution in [2.45, 2.75) is 108 Å². The van der Waals surface area contributed by atoms with Crippen LogP contribution in [-0.2, 0) is 63.5 Å². The van der Waals surface area contributed by atoms with Crippen molar-refractivity contribution >= 4 is 47.1 Å². The van der Waals surface area contributed by atoms with E-state index in [2.05, 4.69) is 11.2 Å². The van der Waals surface area contributed by atoms with Gasteiger partial charge < -0.3 is 62.4 Å². The molecule has 3 aliphatic rings. The normalized spacial score (nSPS) is 26.5. The van der Waals surface area contributed by atoms with Gasteiger partial charge in [0, 0.05) is 60.0 Å². The Morgan fingerprint density at radius 1 is 1.03 bits per heavy atom. The summed E-state index contributed by atoms with van der Waals surface area (Å²) in [7, 11) is 7.57. The van der Waals surface area contributed by atoms with Crippen LogP contribution >= 0.6 is 11.6 Å². The van der Waals surface area contributed by atoms with Crippen LogP contribution in [0.3, 0.4) is 0 Å². The topological polar surface area (TPSA) is 214 Å². The lowest BCUT2D eigenvalue weighted by Crippen LogP contribution is -2.63. The molecule has 384 valence electrons. The fourth-order valence-corrected chi connectivity index (χ4v) is 8.41. The molecule has 3 heterocycles. The van der Waals surface area contributed by atoms with Crippen LogP contribution < -0.4 is 15.0 Å². The first kappa shape index (κ1) is 56.8. The lowest BCUT2D eigenvalue weighted by molar-refractivity contribution is -0.162. The molecule has 4 amide bonds. The Kier molecular flexibility index (Phi) is 22.2. The smallest absolute Gasteiger partial charge is 0.409 e. The summed E-state index contributed by atoms with van der Waals surface area (Å²) in [6, 6.07) is 2.45. The number of esters is 1. The largest absolute Gasteiger partial charge is 0.495 e. The Balaban J connectivity index is 1.40. The van der Waals surface area contributed by atoms with Crippen molar-refractivity contribution < 1.29 is 71.7 Å². The van der Waals surface area contributed by atoms with E-state index in [1.54, 1.807) is 52.2 Å². The summed E-state index contributed by atoms with van der Waals surface area (Å²) in [5, 5.41) is 14.5. The number of carbonyl (C=O) groups excluding carboxylic acids is 5. The zero-order chi connectivity index (χ0) is 50.9. The fraction of sp³-hybridized carbons (Fsp3) is 0.653. The maximum absolute atomic E-state index is 14.3. The lowest BCUT2D eigenvalue weighted by Gasteiger charge is -2.42. The molecule has 0 unspecified atom stereocenters. The number of halogens is 1. The molecule has 3 aliphatic heterocycles. The number of methoxy groups -OCH3 is 2. The van der Waals surface area contributed by atoms with Gasteiger partial charge in [0.05, 0.1) is 71.6 Å². The molecule has 0 aromatic heterocycles. The third kappa shape index (κ3) is 16.1. The van der Waals surface area contributed by atoms with Gasteiger partial charge in [0.2, 0.25) is 17.7 Å². The summed E-state index contributed by atoms with van der Waals surface area (Å²) in [6.07, 6.45) is 5.98. The van der Waals surface area contributed by atoms with Crippen LogP contribution in [0.15, 0.2) is 35.9 Å². The number of aliphatic hydroxyl groups is 1. The molecule has 20 heteroatoms. The summed E-state index contributed by atoms with van der Waals surface area (Å²) in [6.45, 7) is 10.2. The molecule has 0 spiro atoms. The number of rotatable bonds is 22. The van der Waals surface area contributed by atoms with Crippen LogP contribution in [0.2, 0.25) is 5.02 Å². The summed E-state index contributed by atoms with van der Waals surface area (Å²) >= 11 is 6.80. The summed E-state index contributed by atoms with van der Waals surface area (Å²) in [4.78, 5) is 71.6. The zero-order valence-electron chi connectivity index (χ0n) is 41.4. The van der Waals surface area contributed by atoms with Crippen molar-refractivity contribution in [3.8, 4) is 18.1 Å². The van der Waals surface area contributed by atoms with E-state index in [1.807, 2.05) is 13.0 Å². The second-order valence-electron chi connectivity index (χ2n) is 17.7. The summed E-state index contributed by atoms with van der Waals surface area (Å²) in [5.74, 6) is 0.314. The number of hydrogen-bond acceptors (Lipinski definition) is 15. The Labute approximate surface area is 410 Å². The minimum Gasteiger partial charge on any atom is -0.495 e. The number of nitrogens with one attached hydrogen (secondary N) is 1. The van der Waals surface area contributed by atoms with Crippen LogP contribution in [0.1, 0.15) is 65.4 Å². The van der Waals surface area contributed by atoms with E-state index in [0.717, 1.165) is 11.1 Å². The predicted molar refractivity (Wildman–Crippen MR) is 255 cm³/mol. The first-order valence-electron chi connectivity index (χ1n) is 23.1. The zero-order valence-corrected chi connectivity index (χ0v) is 42.2. The van der Waals surface area contributed by atoms with Gasteiger partial charge in [-0.15, -0.1) is 6.42 Å². The molecule has 4 bridgehead atoms. The number of nitrogens with zero attached hydrogens (tertiary/aromatic N) is 3. The summed E-state index contributed by atoms with van der Waals surface area (Å²) in [5.41, 5.74) is -1.10. The van der Waals surface area contributed by atoms with E-state index >= 15 is 0 Å². The van der Waals surface area contributed by atoms with Crippen molar-refractivity contribution in [3.63, 3.8) is 0 Å². The van der Waals surface area contributed by atoms with E-state index in [0.29, 0.717) is 70.7 Å². The number of fused-ring (bicyclic) bond motifs is 5. The van der Waals surface area contributed by atoms with Crippen molar-refractivity contribution in [2.75, 3.05) is 99.7 Å². The van der Waals surface area contributed by atoms with Gasteiger partial charge in [-0.1, -0.05) is 48.2 Å². The van der Waals surface area contributed by atoms with Gasteiger partial charge in [-0.05, 0) is 51.3 Å². The highest BCUT2D eigenvalue weighted by molar-refractivity contribution is 6.35. The van der Waals surface area contributed by atoms with E-state index in [4.69, 9.17) is 60.7 Å². The number of hydrogen-bond donors (Lipinski definition) is 2. The molecule has 2 fully saturated rings. The van der Waals surface area contributed by atoms with Crippen LogP contribution in [0, 0.1) is 18.3 Å². The monoisotopic (exact) mass is 990 g/mol. The van der Waals surface area contributed by atoms with Crippen LogP contribution in [0.5, 0.6) is 5.75 Å². The van der Waals surface area contributed by atoms with Crippen molar-refractivity contribution in [3.05, 3.63) is 46.5 Å². The molecule has 0 radical (unpaired) electrons. The Hall–Kier alpha value is -4.78. The molecular formula is C49H71ClN4O15. The van der Waals surface area contributed by atoms with E-state index in [-0.39, 0.29) is 49.6 Å². The fourth-order valence-electron chi connectivity index (χ4n) is 8.09. The van der Waals surface area contributed by atoms with Gasteiger partial charge in [-0.2, -0.15) is 0 Å². The van der Waals surface area contributed by atoms with Gasteiger partial charge in [0.15, 0.2) is 5.72 Å². The third-order valence-corrected chi connectivity index (χ3v) is 13.0. The molecule has 2 N–H and O–H groups in total. The second-order valence-corrected chi connectivity index (χ2v) is 18.0. The minimum atomic E-state index is -1.86. The molecule has 0 aliphatic carbocycles. The van der Waals surface area contributed by atoms with Gasteiger partial charge in [-0.25, -0.2) is 9.59 Å². The van der Waals surface area contributed by atoms with Crippen LogP contribution in [0.4, 0.5) is 10.5 Å². The van der Waals surface area contributed by atoms with Gasteiger partial charge in [0.1, 0.15) is 47.3 Å². The highest BCUT2D eigenvalue weighted by atomic mass is 35.5. The Morgan fingerprint density at radius 3 is 2.30 bits per heavy atom. The average molecular weight is 992 g/mol. The number of terminal acetylenes is 1. The van der Waals surface area contributed by atoms with Crippen molar-refractivity contribution in [2.24, 2.45) is 5.92 Å².